The zero-order chi connectivity index (χ0) is 25.2. The molecule has 0 saturated carbocycles. The summed E-state index contributed by atoms with van der Waals surface area (Å²) in [5.41, 5.74) is 6.71. The van der Waals surface area contributed by atoms with Gasteiger partial charge in [-0.3, -0.25) is 9.59 Å². The molecule has 0 aromatic heterocycles. The number of amides is 2. The van der Waals surface area contributed by atoms with Gasteiger partial charge in [-0.1, -0.05) is 76.6 Å². The number of hydrogen-bond acceptors (Lipinski definition) is 3. The Morgan fingerprint density at radius 3 is 1.94 bits per heavy atom. The highest BCUT2D eigenvalue weighted by molar-refractivity contribution is 6.23. The summed E-state index contributed by atoms with van der Waals surface area (Å²) in [6.45, 7) is 9.44. The van der Waals surface area contributed by atoms with Crippen molar-refractivity contribution < 1.29 is 14.3 Å². The number of carbonyl (C=O) groups excluding carboxylic acids is 2. The summed E-state index contributed by atoms with van der Waals surface area (Å²) in [4.78, 5) is 29.4. The lowest BCUT2D eigenvalue weighted by molar-refractivity contribution is -0.122. The lowest BCUT2D eigenvalue weighted by Gasteiger charge is -2.46. The lowest BCUT2D eigenvalue weighted by atomic mass is 9.54. The Morgan fingerprint density at radius 2 is 1.36 bits per heavy atom. The van der Waals surface area contributed by atoms with Gasteiger partial charge >= 0.3 is 0 Å². The van der Waals surface area contributed by atoms with Gasteiger partial charge in [-0.25, -0.2) is 4.90 Å². The molecule has 3 aromatic rings. The molecule has 3 aliphatic carbocycles. The SMILES string of the molecule is CCCCOc1ccc(N2C(=O)C3C4c5ccccc5C(c5cc(C(C)(C)C)ccc54)C3C2=O)cc1. The van der Waals surface area contributed by atoms with E-state index in [0.717, 1.165) is 18.6 Å². The van der Waals surface area contributed by atoms with Crippen LogP contribution in [-0.4, -0.2) is 18.4 Å². The van der Waals surface area contributed by atoms with Gasteiger partial charge in [0.2, 0.25) is 11.8 Å². The van der Waals surface area contributed by atoms with Crippen LogP contribution in [-0.2, 0) is 15.0 Å². The molecule has 7 rings (SSSR count). The van der Waals surface area contributed by atoms with Gasteiger partial charge in [0, 0.05) is 11.8 Å². The topological polar surface area (TPSA) is 46.6 Å². The van der Waals surface area contributed by atoms with Gasteiger partial charge in [0.15, 0.2) is 0 Å². The summed E-state index contributed by atoms with van der Waals surface area (Å²) < 4.78 is 5.79. The average Bonchev–Trinajstić information content (AvgIpc) is 3.14. The van der Waals surface area contributed by atoms with Gasteiger partial charge in [-0.2, -0.15) is 0 Å². The molecule has 2 amide bonds. The minimum Gasteiger partial charge on any atom is -0.494 e. The molecule has 4 heteroatoms. The van der Waals surface area contributed by atoms with E-state index < -0.39 is 0 Å². The maximum atomic E-state index is 14.0. The van der Waals surface area contributed by atoms with Crippen LogP contribution in [0.3, 0.4) is 0 Å². The fourth-order valence-electron chi connectivity index (χ4n) is 6.47. The van der Waals surface area contributed by atoms with E-state index in [4.69, 9.17) is 4.74 Å². The summed E-state index contributed by atoms with van der Waals surface area (Å²) in [6, 6.07) is 22.5. The first-order valence-corrected chi connectivity index (χ1v) is 13.1. The third-order valence-electron chi connectivity index (χ3n) is 8.27. The van der Waals surface area contributed by atoms with Crippen LogP contribution in [0, 0.1) is 11.8 Å². The Labute approximate surface area is 213 Å². The van der Waals surface area contributed by atoms with E-state index in [1.54, 1.807) is 0 Å². The quantitative estimate of drug-likeness (QED) is 0.308. The molecule has 3 aromatic carbocycles. The second-order valence-electron chi connectivity index (χ2n) is 11.4. The van der Waals surface area contributed by atoms with Crippen LogP contribution in [0.4, 0.5) is 5.69 Å². The van der Waals surface area contributed by atoms with Crippen LogP contribution < -0.4 is 9.64 Å². The molecule has 1 saturated heterocycles. The molecule has 36 heavy (non-hydrogen) atoms. The maximum absolute atomic E-state index is 14.0. The van der Waals surface area contributed by atoms with Crippen LogP contribution in [0.15, 0.2) is 66.7 Å². The maximum Gasteiger partial charge on any atom is 0.238 e. The molecular formula is C32H33NO3. The molecule has 0 spiro atoms. The van der Waals surface area contributed by atoms with Crippen LogP contribution >= 0.6 is 0 Å². The summed E-state index contributed by atoms with van der Waals surface area (Å²) in [5, 5.41) is 0. The largest absolute Gasteiger partial charge is 0.494 e. The van der Waals surface area contributed by atoms with Crippen molar-refractivity contribution in [1.29, 1.82) is 0 Å². The molecule has 4 nitrogen and oxygen atoms in total. The van der Waals surface area contributed by atoms with E-state index in [0.29, 0.717) is 12.3 Å². The van der Waals surface area contributed by atoms with Gasteiger partial charge in [-0.15, -0.1) is 0 Å². The molecule has 4 atom stereocenters. The average molecular weight is 480 g/mol. The Balaban J connectivity index is 1.42. The Hall–Kier alpha value is -3.40. The van der Waals surface area contributed by atoms with Crippen molar-refractivity contribution in [2.45, 2.75) is 57.8 Å². The first-order chi connectivity index (χ1) is 17.3. The highest BCUT2D eigenvalue weighted by Gasteiger charge is 2.61. The normalized spacial score (nSPS) is 23.9. The number of nitrogens with zero attached hydrogens (tertiary/aromatic N) is 1. The predicted molar refractivity (Wildman–Crippen MR) is 142 cm³/mol. The van der Waals surface area contributed by atoms with Gasteiger partial charge < -0.3 is 4.74 Å². The third kappa shape index (κ3) is 3.34. The highest BCUT2D eigenvalue weighted by atomic mass is 16.5. The van der Waals surface area contributed by atoms with E-state index in [1.807, 2.05) is 30.3 Å². The minimum absolute atomic E-state index is 0.00707. The fourth-order valence-corrected chi connectivity index (χ4v) is 6.47. The van der Waals surface area contributed by atoms with Gasteiger partial charge in [0.25, 0.3) is 0 Å². The molecule has 1 aliphatic heterocycles. The molecular weight excluding hydrogens is 446 g/mol. The van der Waals surface area contributed by atoms with Gasteiger partial charge in [-0.05, 0) is 63.9 Å². The van der Waals surface area contributed by atoms with E-state index >= 15 is 0 Å². The first-order valence-electron chi connectivity index (χ1n) is 13.1. The lowest BCUT2D eigenvalue weighted by Crippen LogP contribution is -2.41. The first kappa shape index (κ1) is 23.0. The van der Waals surface area contributed by atoms with Crippen LogP contribution in [0.2, 0.25) is 0 Å². The van der Waals surface area contributed by atoms with Crippen LogP contribution in [0.25, 0.3) is 0 Å². The van der Waals surface area contributed by atoms with Gasteiger partial charge in [0.05, 0.1) is 24.1 Å². The smallest absolute Gasteiger partial charge is 0.238 e. The zero-order valence-corrected chi connectivity index (χ0v) is 21.5. The molecule has 2 bridgehead atoms. The van der Waals surface area contributed by atoms with Crippen molar-refractivity contribution in [3.63, 3.8) is 0 Å². The van der Waals surface area contributed by atoms with Crippen molar-refractivity contribution in [2.24, 2.45) is 11.8 Å². The monoisotopic (exact) mass is 479 g/mol. The molecule has 0 radical (unpaired) electrons. The molecule has 4 aliphatic rings. The molecule has 0 N–H and O–H groups in total. The van der Waals surface area contributed by atoms with Gasteiger partial charge in [0.1, 0.15) is 5.75 Å². The minimum atomic E-state index is -0.374. The Bertz CT molecular complexity index is 1350. The number of benzene rings is 3. The van der Waals surface area contributed by atoms with Crippen LogP contribution in [0.5, 0.6) is 5.75 Å². The van der Waals surface area contributed by atoms with Crippen molar-refractivity contribution in [3.8, 4) is 5.75 Å². The number of rotatable bonds is 5. The van der Waals surface area contributed by atoms with E-state index in [1.165, 1.54) is 32.7 Å². The number of imide groups is 1. The van der Waals surface area contributed by atoms with E-state index in [9.17, 15) is 9.59 Å². The van der Waals surface area contributed by atoms with E-state index in [-0.39, 0.29) is 40.9 Å². The molecule has 184 valence electrons. The van der Waals surface area contributed by atoms with Crippen molar-refractivity contribution >= 4 is 17.5 Å². The number of ether oxygens (including phenoxy) is 1. The summed E-state index contributed by atoms with van der Waals surface area (Å²) in [7, 11) is 0. The second-order valence-corrected chi connectivity index (χ2v) is 11.4. The fraction of sp³-hybridized carbons (Fsp3) is 0.375. The number of anilines is 1. The van der Waals surface area contributed by atoms with Crippen LogP contribution in [0.1, 0.15) is 80.2 Å². The second kappa shape index (κ2) is 8.33. The molecule has 1 heterocycles. The number of hydrogen-bond donors (Lipinski definition) is 0. The number of unbranched alkanes of at least 4 members (excludes halogenated alkanes) is 1. The third-order valence-corrected chi connectivity index (χ3v) is 8.27. The highest BCUT2D eigenvalue weighted by Crippen LogP contribution is 2.61. The standard InChI is InChI=1S/C32H33NO3/c1-5-6-17-36-21-14-12-20(13-15-21)33-30(34)28-26-22-9-7-8-10-23(22)27(29(28)31(33)35)25-18-19(32(2,3)4)11-16-24(25)26/h7-16,18,26-29H,5-6,17H2,1-4H3. The molecule has 1 fully saturated rings. The summed E-state index contributed by atoms with van der Waals surface area (Å²) in [5.74, 6) is -0.352. The number of carbonyl (C=O) groups is 2. The van der Waals surface area contributed by atoms with Crippen molar-refractivity contribution in [3.05, 3.63) is 94.5 Å². The summed E-state index contributed by atoms with van der Waals surface area (Å²) in [6.07, 6.45) is 2.07. The van der Waals surface area contributed by atoms with Crippen molar-refractivity contribution in [2.75, 3.05) is 11.5 Å². The Kier molecular flexibility index (Phi) is 5.33. The predicted octanol–water partition coefficient (Wildman–Crippen LogP) is 6.56. The van der Waals surface area contributed by atoms with E-state index in [2.05, 4.69) is 64.1 Å². The van der Waals surface area contributed by atoms with Crippen molar-refractivity contribution in [1.82, 2.24) is 0 Å². The molecule has 4 unspecified atom stereocenters. The zero-order valence-electron chi connectivity index (χ0n) is 21.5. The Morgan fingerprint density at radius 1 is 0.778 bits per heavy atom. The summed E-state index contributed by atoms with van der Waals surface area (Å²) >= 11 is 0.